The Kier molecular flexibility index (Phi) is 4.18. The van der Waals surface area contributed by atoms with Crippen molar-refractivity contribution in [2.45, 2.75) is 0 Å². The van der Waals surface area contributed by atoms with Crippen molar-refractivity contribution in [2.75, 3.05) is 0 Å². The Hall–Kier alpha value is -2.89. The van der Waals surface area contributed by atoms with E-state index in [4.69, 9.17) is 0 Å². The van der Waals surface area contributed by atoms with Crippen LogP contribution < -0.4 is 0 Å². The van der Waals surface area contributed by atoms with E-state index in [1.807, 2.05) is 0 Å². The molecule has 0 saturated carbocycles. The Balaban J connectivity index is 2.23. The first-order chi connectivity index (χ1) is 9.95. The van der Waals surface area contributed by atoms with Crippen molar-refractivity contribution in [3.05, 3.63) is 81.4 Å². The number of ketones is 1. The van der Waals surface area contributed by atoms with Crippen LogP contribution in [0.15, 0.2) is 48.5 Å². The molecule has 2 aromatic carbocycles. The van der Waals surface area contributed by atoms with Crippen LogP contribution in [0.5, 0.6) is 0 Å². The molecule has 0 unspecified atom stereocenters. The second-order valence-corrected chi connectivity index (χ2v) is 4.21. The van der Waals surface area contributed by atoms with Gasteiger partial charge in [0, 0.05) is 23.8 Å². The van der Waals surface area contributed by atoms with Crippen molar-refractivity contribution in [3.63, 3.8) is 0 Å². The van der Waals surface area contributed by atoms with E-state index in [0.717, 1.165) is 30.3 Å². The number of non-ortho nitro benzene ring substituents is 1. The molecule has 2 aromatic rings. The normalized spacial score (nSPS) is 10.8. The lowest BCUT2D eigenvalue weighted by molar-refractivity contribution is -0.384. The second kappa shape index (κ2) is 6.04. The highest BCUT2D eigenvalue weighted by Crippen LogP contribution is 2.15. The first kappa shape index (κ1) is 14.5. The maximum Gasteiger partial charge on any atom is 0.270 e. The van der Waals surface area contributed by atoms with Gasteiger partial charge in [-0.05, 0) is 23.8 Å². The van der Waals surface area contributed by atoms with Crippen LogP contribution in [0.3, 0.4) is 0 Å². The molecule has 106 valence electrons. The van der Waals surface area contributed by atoms with E-state index < -0.39 is 22.3 Å². The van der Waals surface area contributed by atoms with Crippen LogP contribution in [0.25, 0.3) is 6.08 Å². The minimum Gasteiger partial charge on any atom is -0.289 e. The summed E-state index contributed by atoms with van der Waals surface area (Å²) >= 11 is 0. The molecule has 21 heavy (non-hydrogen) atoms. The van der Waals surface area contributed by atoms with Gasteiger partial charge >= 0.3 is 0 Å². The molecule has 0 aliphatic carbocycles. The fourth-order valence-electron chi connectivity index (χ4n) is 1.71. The van der Waals surface area contributed by atoms with E-state index in [0.29, 0.717) is 0 Å². The molecule has 0 bridgehead atoms. The van der Waals surface area contributed by atoms with Gasteiger partial charge in [0.25, 0.3) is 5.69 Å². The van der Waals surface area contributed by atoms with Gasteiger partial charge in [-0.15, -0.1) is 0 Å². The Labute approximate surface area is 118 Å². The summed E-state index contributed by atoms with van der Waals surface area (Å²) in [5, 5.41) is 10.6. The number of rotatable bonds is 4. The molecule has 2 rings (SSSR count). The molecule has 0 heterocycles. The number of carbonyl (C=O) groups excluding carboxylic acids is 1. The van der Waals surface area contributed by atoms with Crippen molar-refractivity contribution in [1.29, 1.82) is 0 Å². The highest BCUT2D eigenvalue weighted by atomic mass is 19.1. The first-order valence-corrected chi connectivity index (χ1v) is 5.88. The molecule has 0 amide bonds. The Morgan fingerprint density at radius 3 is 2.38 bits per heavy atom. The molecule has 0 atom stereocenters. The van der Waals surface area contributed by atoms with Gasteiger partial charge in [-0.25, -0.2) is 8.78 Å². The van der Waals surface area contributed by atoms with E-state index in [9.17, 15) is 23.7 Å². The maximum absolute atomic E-state index is 13.0. The average Bonchev–Trinajstić information content (AvgIpc) is 2.44. The Bertz CT molecular complexity index is 721. The van der Waals surface area contributed by atoms with Crippen molar-refractivity contribution in [2.24, 2.45) is 0 Å². The number of benzene rings is 2. The Morgan fingerprint density at radius 2 is 1.76 bits per heavy atom. The summed E-state index contributed by atoms with van der Waals surface area (Å²) in [6, 6.07) is 8.08. The summed E-state index contributed by atoms with van der Waals surface area (Å²) in [7, 11) is 0. The Morgan fingerprint density at radius 1 is 1.10 bits per heavy atom. The maximum atomic E-state index is 13.0. The van der Waals surface area contributed by atoms with Crippen LogP contribution in [0.4, 0.5) is 14.5 Å². The van der Waals surface area contributed by atoms with E-state index in [1.165, 1.54) is 24.3 Å². The van der Waals surface area contributed by atoms with E-state index in [1.54, 1.807) is 0 Å². The summed E-state index contributed by atoms with van der Waals surface area (Å²) in [6.45, 7) is 0. The largest absolute Gasteiger partial charge is 0.289 e. The van der Waals surface area contributed by atoms with Crippen LogP contribution >= 0.6 is 0 Å². The van der Waals surface area contributed by atoms with Crippen molar-refractivity contribution >= 4 is 17.5 Å². The van der Waals surface area contributed by atoms with Crippen molar-refractivity contribution in [3.8, 4) is 0 Å². The minimum atomic E-state index is -0.752. The lowest BCUT2D eigenvalue weighted by atomic mass is 10.1. The lowest BCUT2D eigenvalue weighted by Gasteiger charge is -1.97. The zero-order valence-electron chi connectivity index (χ0n) is 10.6. The molecule has 0 aliphatic rings. The zero-order valence-corrected chi connectivity index (χ0v) is 10.6. The predicted molar refractivity (Wildman–Crippen MR) is 72.8 cm³/mol. The van der Waals surface area contributed by atoms with Gasteiger partial charge in [0.05, 0.1) is 4.92 Å². The molecular formula is C15H9F2NO3. The van der Waals surface area contributed by atoms with Gasteiger partial charge in [0.2, 0.25) is 0 Å². The highest BCUT2D eigenvalue weighted by molar-refractivity contribution is 6.07. The fourth-order valence-corrected chi connectivity index (χ4v) is 1.71. The number of halogens is 2. The van der Waals surface area contributed by atoms with Crippen molar-refractivity contribution in [1.82, 2.24) is 0 Å². The topological polar surface area (TPSA) is 60.2 Å². The molecule has 4 nitrogen and oxygen atoms in total. The molecule has 0 saturated heterocycles. The molecule has 0 spiro atoms. The number of nitro benzene ring substituents is 1. The number of carbonyl (C=O) groups is 1. The molecule has 6 heteroatoms. The van der Waals surface area contributed by atoms with E-state index >= 15 is 0 Å². The molecule has 0 fully saturated rings. The summed E-state index contributed by atoms with van der Waals surface area (Å²) in [5.41, 5.74) is 0.106. The third-order valence-corrected chi connectivity index (χ3v) is 2.65. The zero-order chi connectivity index (χ0) is 15.4. The third-order valence-electron chi connectivity index (χ3n) is 2.65. The average molecular weight is 289 g/mol. The third kappa shape index (κ3) is 3.79. The summed E-state index contributed by atoms with van der Waals surface area (Å²) < 4.78 is 26.0. The highest BCUT2D eigenvalue weighted by Gasteiger charge is 2.09. The summed E-state index contributed by atoms with van der Waals surface area (Å²) in [4.78, 5) is 21.9. The summed E-state index contributed by atoms with van der Waals surface area (Å²) in [6.07, 6.45) is 2.35. The summed E-state index contributed by atoms with van der Waals surface area (Å²) in [5.74, 6) is -2.00. The first-order valence-electron chi connectivity index (χ1n) is 5.88. The number of hydrogen-bond donors (Lipinski definition) is 0. The molecule has 0 N–H and O–H groups in total. The van der Waals surface area contributed by atoms with E-state index in [2.05, 4.69) is 0 Å². The van der Waals surface area contributed by atoms with Gasteiger partial charge in [0.1, 0.15) is 11.6 Å². The molecule has 0 radical (unpaired) electrons. The smallest absolute Gasteiger partial charge is 0.270 e. The molecular weight excluding hydrogens is 280 g/mol. The van der Waals surface area contributed by atoms with Crippen LogP contribution in [0.2, 0.25) is 0 Å². The van der Waals surface area contributed by atoms with Crippen LogP contribution in [0.1, 0.15) is 15.9 Å². The number of allylic oxidation sites excluding steroid dienone is 1. The van der Waals surface area contributed by atoms with Crippen molar-refractivity contribution < 1.29 is 18.5 Å². The predicted octanol–water partition coefficient (Wildman–Crippen LogP) is 3.77. The van der Waals surface area contributed by atoms with Gasteiger partial charge in [-0.2, -0.15) is 0 Å². The number of nitro groups is 1. The van der Waals surface area contributed by atoms with E-state index in [-0.39, 0.29) is 16.8 Å². The SMILES string of the molecule is O=C(/C=C/c1cc(F)cc(F)c1)c1cccc([N+](=O)[O-])c1. The van der Waals surface area contributed by atoms with Gasteiger partial charge < -0.3 is 0 Å². The van der Waals surface area contributed by atoms with Crippen LogP contribution in [0, 0.1) is 21.7 Å². The standard InChI is InChI=1S/C15H9F2NO3/c16-12-6-10(7-13(17)9-12)4-5-15(19)11-2-1-3-14(8-11)18(20)21/h1-9H/b5-4+. The molecule has 0 aromatic heterocycles. The molecule has 0 aliphatic heterocycles. The van der Waals surface area contributed by atoms with Gasteiger partial charge in [0.15, 0.2) is 5.78 Å². The van der Waals surface area contributed by atoms with Crippen LogP contribution in [-0.2, 0) is 0 Å². The number of nitrogens with zero attached hydrogens (tertiary/aromatic N) is 1. The van der Waals surface area contributed by atoms with Gasteiger partial charge in [-0.3, -0.25) is 14.9 Å². The minimum absolute atomic E-state index is 0.123. The lowest BCUT2D eigenvalue weighted by Crippen LogP contribution is -1.96. The van der Waals surface area contributed by atoms with Gasteiger partial charge in [-0.1, -0.05) is 18.2 Å². The second-order valence-electron chi connectivity index (χ2n) is 4.21. The fraction of sp³-hybridized carbons (Fsp3) is 0. The monoisotopic (exact) mass is 289 g/mol. The quantitative estimate of drug-likeness (QED) is 0.372. The van der Waals surface area contributed by atoms with Crippen LogP contribution in [-0.4, -0.2) is 10.7 Å². The number of hydrogen-bond acceptors (Lipinski definition) is 3.